The first-order chi connectivity index (χ1) is 13.3. The van der Waals surface area contributed by atoms with Gasteiger partial charge in [-0.3, -0.25) is 4.79 Å². The summed E-state index contributed by atoms with van der Waals surface area (Å²) in [5, 5.41) is 7.92. The summed E-state index contributed by atoms with van der Waals surface area (Å²) in [6.45, 7) is 5.42. The van der Waals surface area contributed by atoms with E-state index < -0.39 is 10.0 Å². The number of rotatable bonds is 10. The number of nitrogens with one attached hydrogen (secondary N) is 1. The molecule has 2 aromatic rings. The summed E-state index contributed by atoms with van der Waals surface area (Å²) in [6, 6.07) is 11.7. The fourth-order valence-corrected chi connectivity index (χ4v) is 3.16. The number of carbonyl (C=O) groups is 1. The van der Waals surface area contributed by atoms with Crippen molar-refractivity contribution in [2.24, 2.45) is 5.14 Å². The third kappa shape index (κ3) is 6.54. The van der Waals surface area contributed by atoms with E-state index >= 15 is 0 Å². The quantitative estimate of drug-likeness (QED) is 0.628. The van der Waals surface area contributed by atoms with Crippen LogP contribution in [0.2, 0.25) is 0 Å². The molecule has 2 aromatic carbocycles. The van der Waals surface area contributed by atoms with E-state index in [1.165, 1.54) is 12.1 Å². The minimum atomic E-state index is -3.73. The third-order valence-electron chi connectivity index (χ3n) is 3.96. The monoisotopic (exact) mass is 406 g/mol. The van der Waals surface area contributed by atoms with Crippen molar-refractivity contribution < 1.29 is 22.7 Å². The average Bonchev–Trinajstić information content (AvgIpc) is 2.64. The highest BCUT2D eigenvalue weighted by molar-refractivity contribution is 7.89. The van der Waals surface area contributed by atoms with Gasteiger partial charge in [-0.1, -0.05) is 18.2 Å². The summed E-state index contributed by atoms with van der Waals surface area (Å²) in [6.07, 6.45) is 0.820. The molecule has 0 aromatic heterocycles. The van der Waals surface area contributed by atoms with Gasteiger partial charge in [0, 0.05) is 6.54 Å². The molecule has 0 spiro atoms. The molecule has 1 amide bonds. The number of benzene rings is 2. The van der Waals surface area contributed by atoms with Gasteiger partial charge in [0.25, 0.3) is 0 Å². The number of hydrogen-bond donors (Lipinski definition) is 2. The molecule has 0 radical (unpaired) electrons. The van der Waals surface area contributed by atoms with E-state index in [0.29, 0.717) is 43.2 Å². The molecule has 0 unspecified atom stereocenters. The van der Waals surface area contributed by atoms with Crippen molar-refractivity contribution >= 4 is 15.9 Å². The summed E-state index contributed by atoms with van der Waals surface area (Å²) in [5.41, 5.74) is 1.74. The first kappa shape index (κ1) is 21.7. The van der Waals surface area contributed by atoms with Crippen LogP contribution in [0.5, 0.6) is 11.5 Å². The maximum atomic E-state index is 12.1. The van der Waals surface area contributed by atoms with Gasteiger partial charge in [-0.25, -0.2) is 13.6 Å². The molecule has 3 N–H and O–H groups in total. The Morgan fingerprint density at radius 2 is 1.57 bits per heavy atom. The Kier molecular flexibility index (Phi) is 7.83. The van der Waals surface area contributed by atoms with Gasteiger partial charge in [0.1, 0.15) is 0 Å². The molecule has 0 bridgehead atoms. The van der Waals surface area contributed by atoms with Gasteiger partial charge in [0.15, 0.2) is 11.5 Å². The van der Waals surface area contributed by atoms with E-state index in [1.54, 1.807) is 12.1 Å². The number of ether oxygens (including phenoxy) is 2. The summed E-state index contributed by atoms with van der Waals surface area (Å²) in [4.78, 5) is 12.1. The van der Waals surface area contributed by atoms with Gasteiger partial charge >= 0.3 is 0 Å². The van der Waals surface area contributed by atoms with Crippen molar-refractivity contribution in [2.45, 2.75) is 31.6 Å². The molecule has 152 valence electrons. The van der Waals surface area contributed by atoms with Gasteiger partial charge in [-0.05, 0) is 55.7 Å². The van der Waals surface area contributed by atoms with Crippen LogP contribution < -0.4 is 19.9 Å². The molecule has 28 heavy (non-hydrogen) atoms. The van der Waals surface area contributed by atoms with Crippen LogP contribution in [0.4, 0.5) is 0 Å². The molecular formula is C20H26N2O5S. The topological polar surface area (TPSA) is 108 Å². The lowest BCUT2D eigenvalue weighted by Crippen LogP contribution is -2.27. The zero-order chi connectivity index (χ0) is 20.6. The van der Waals surface area contributed by atoms with Crippen LogP contribution in [0.1, 0.15) is 25.0 Å². The SMILES string of the molecule is CCOc1ccc(CCNC(=O)Cc2ccc(S(N)(=O)=O)cc2)cc1OCC. The van der Waals surface area contributed by atoms with E-state index in [0.717, 1.165) is 5.56 Å². The first-order valence-corrected chi connectivity index (χ1v) is 10.6. The van der Waals surface area contributed by atoms with Gasteiger partial charge in [0.2, 0.25) is 15.9 Å². The molecule has 0 saturated heterocycles. The fraction of sp³-hybridized carbons (Fsp3) is 0.350. The van der Waals surface area contributed by atoms with Crippen molar-refractivity contribution in [3.05, 3.63) is 53.6 Å². The Morgan fingerprint density at radius 3 is 2.18 bits per heavy atom. The Labute approximate surface area is 165 Å². The smallest absolute Gasteiger partial charge is 0.238 e. The predicted molar refractivity (Wildman–Crippen MR) is 107 cm³/mol. The summed E-state index contributed by atoms with van der Waals surface area (Å²) < 4.78 is 33.6. The fourth-order valence-electron chi connectivity index (χ4n) is 2.64. The second-order valence-corrected chi connectivity index (χ2v) is 7.67. The molecule has 0 fully saturated rings. The van der Waals surface area contributed by atoms with Crippen LogP contribution in [-0.4, -0.2) is 34.1 Å². The Hall–Kier alpha value is -2.58. The van der Waals surface area contributed by atoms with Crippen LogP contribution in [0.3, 0.4) is 0 Å². The second-order valence-electron chi connectivity index (χ2n) is 6.11. The standard InChI is InChI=1S/C20H26N2O5S/c1-3-26-18-10-7-16(13-19(18)27-4-2)11-12-22-20(23)14-15-5-8-17(9-6-15)28(21,24)25/h5-10,13H,3-4,11-12,14H2,1-2H3,(H,22,23)(H2,21,24,25). The van der Waals surface area contributed by atoms with Crippen LogP contribution >= 0.6 is 0 Å². The molecule has 8 heteroatoms. The van der Waals surface area contributed by atoms with Crippen LogP contribution in [0.25, 0.3) is 0 Å². The van der Waals surface area contributed by atoms with Crippen molar-refractivity contribution in [3.8, 4) is 11.5 Å². The molecule has 0 aliphatic carbocycles. The van der Waals surface area contributed by atoms with E-state index in [2.05, 4.69) is 5.32 Å². The summed E-state index contributed by atoms with van der Waals surface area (Å²) in [7, 11) is -3.73. The van der Waals surface area contributed by atoms with Crippen LogP contribution in [-0.2, 0) is 27.7 Å². The molecule has 0 aliphatic rings. The number of primary sulfonamides is 1. The lowest BCUT2D eigenvalue weighted by molar-refractivity contribution is -0.120. The number of sulfonamides is 1. The average molecular weight is 407 g/mol. The largest absolute Gasteiger partial charge is 0.490 e. The molecular weight excluding hydrogens is 380 g/mol. The highest BCUT2D eigenvalue weighted by Gasteiger charge is 2.09. The van der Waals surface area contributed by atoms with Crippen LogP contribution in [0.15, 0.2) is 47.4 Å². The second kappa shape index (κ2) is 10.1. The van der Waals surface area contributed by atoms with Crippen molar-refractivity contribution in [3.63, 3.8) is 0 Å². The Balaban J connectivity index is 1.87. The maximum Gasteiger partial charge on any atom is 0.238 e. The van der Waals surface area contributed by atoms with Crippen molar-refractivity contribution in [2.75, 3.05) is 19.8 Å². The van der Waals surface area contributed by atoms with E-state index in [4.69, 9.17) is 14.6 Å². The number of carbonyl (C=O) groups excluding carboxylic acids is 1. The molecule has 0 saturated carbocycles. The Morgan fingerprint density at radius 1 is 0.964 bits per heavy atom. The molecule has 0 aliphatic heterocycles. The highest BCUT2D eigenvalue weighted by atomic mass is 32.2. The van der Waals surface area contributed by atoms with Crippen molar-refractivity contribution in [1.82, 2.24) is 5.32 Å². The molecule has 0 atom stereocenters. The van der Waals surface area contributed by atoms with E-state index in [-0.39, 0.29) is 17.2 Å². The molecule has 0 heterocycles. The zero-order valence-electron chi connectivity index (χ0n) is 16.1. The highest BCUT2D eigenvalue weighted by Crippen LogP contribution is 2.28. The van der Waals surface area contributed by atoms with Gasteiger partial charge < -0.3 is 14.8 Å². The molecule has 2 rings (SSSR count). The molecule has 7 nitrogen and oxygen atoms in total. The van der Waals surface area contributed by atoms with Gasteiger partial charge in [-0.15, -0.1) is 0 Å². The Bertz CT molecular complexity index is 895. The lowest BCUT2D eigenvalue weighted by atomic mass is 10.1. The number of nitrogens with two attached hydrogens (primary N) is 1. The predicted octanol–water partition coefficient (Wildman–Crippen LogP) is 2.03. The van der Waals surface area contributed by atoms with Gasteiger partial charge in [0.05, 0.1) is 24.5 Å². The zero-order valence-corrected chi connectivity index (χ0v) is 16.9. The minimum absolute atomic E-state index is 0.0252. The number of amides is 1. The maximum absolute atomic E-state index is 12.1. The van der Waals surface area contributed by atoms with E-state index in [1.807, 2.05) is 32.0 Å². The van der Waals surface area contributed by atoms with Crippen molar-refractivity contribution in [1.29, 1.82) is 0 Å². The third-order valence-corrected chi connectivity index (χ3v) is 4.89. The van der Waals surface area contributed by atoms with E-state index in [9.17, 15) is 13.2 Å². The lowest BCUT2D eigenvalue weighted by Gasteiger charge is -2.12. The normalized spacial score (nSPS) is 11.1. The number of hydrogen-bond acceptors (Lipinski definition) is 5. The first-order valence-electron chi connectivity index (χ1n) is 9.10. The van der Waals surface area contributed by atoms with Gasteiger partial charge in [-0.2, -0.15) is 0 Å². The summed E-state index contributed by atoms with van der Waals surface area (Å²) in [5.74, 6) is 1.27. The van der Waals surface area contributed by atoms with Crippen LogP contribution in [0, 0.1) is 0 Å². The summed E-state index contributed by atoms with van der Waals surface area (Å²) >= 11 is 0. The minimum Gasteiger partial charge on any atom is -0.490 e.